The molecule has 1 N–H and O–H groups in total. The van der Waals surface area contributed by atoms with E-state index in [9.17, 15) is 9.59 Å². The summed E-state index contributed by atoms with van der Waals surface area (Å²) >= 11 is 1.48. The molecule has 7 nitrogen and oxygen atoms in total. The molecule has 0 radical (unpaired) electrons. The third-order valence-electron chi connectivity index (χ3n) is 6.11. The molecule has 10 heteroatoms. The van der Waals surface area contributed by atoms with Gasteiger partial charge in [0.05, 0.1) is 21.8 Å². The van der Waals surface area contributed by atoms with Crippen molar-refractivity contribution in [2.24, 2.45) is 0 Å². The van der Waals surface area contributed by atoms with Crippen LogP contribution >= 0.6 is 36.6 Å². The van der Waals surface area contributed by atoms with Gasteiger partial charge in [0.1, 0.15) is 5.65 Å². The molecule has 2 aliphatic heterocycles. The van der Waals surface area contributed by atoms with Gasteiger partial charge >= 0.3 is 0 Å². The van der Waals surface area contributed by atoms with Crippen molar-refractivity contribution in [2.75, 3.05) is 39.3 Å². The quantitative estimate of drug-likeness (QED) is 0.465. The van der Waals surface area contributed by atoms with Gasteiger partial charge in [0, 0.05) is 38.3 Å². The van der Waals surface area contributed by atoms with Gasteiger partial charge in [0.15, 0.2) is 0 Å². The average molecular weight is 535 g/mol. The number of pyridine rings is 1. The number of carbonyl (C=O) groups is 2. The van der Waals surface area contributed by atoms with Gasteiger partial charge in [0.25, 0.3) is 11.8 Å². The highest BCUT2D eigenvalue weighted by Crippen LogP contribution is 2.34. The summed E-state index contributed by atoms with van der Waals surface area (Å²) in [4.78, 5) is 34.6. The SMILES string of the molecule is Cl.Cl.O=C(NCCCCN1CCN(C(=O)c2ccccc2)CC1)C1=Cc2cnc3cccc(n23)S1. The number of unbranched alkanes of at least 4 members (excludes halogenated alkanes) is 1. The Labute approximate surface area is 221 Å². The molecule has 5 rings (SSSR count). The lowest BCUT2D eigenvalue weighted by atomic mass is 10.2. The molecule has 1 aromatic carbocycles. The number of nitrogens with zero attached hydrogens (tertiary/aromatic N) is 4. The Balaban J connectivity index is 0.00000171. The molecule has 0 unspecified atom stereocenters. The standard InChI is InChI=1S/C25H27N5O2S.2ClH/c31-24(21-17-20-18-27-22-9-6-10-23(33-21)30(20)22)26-11-4-5-12-28-13-15-29(16-14-28)25(32)19-7-2-1-3-8-19;;/h1-3,6-10,17-18H,4-5,11-16H2,(H,26,31);2*1H. The number of imidazole rings is 1. The molecule has 0 spiro atoms. The summed E-state index contributed by atoms with van der Waals surface area (Å²) in [6, 6.07) is 15.4. The molecule has 2 aromatic heterocycles. The van der Waals surface area contributed by atoms with Crippen LogP contribution in [0.3, 0.4) is 0 Å². The number of hydrogen-bond acceptors (Lipinski definition) is 5. The van der Waals surface area contributed by atoms with Gasteiger partial charge < -0.3 is 10.2 Å². The molecule has 4 heterocycles. The van der Waals surface area contributed by atoms with E-state index in [0.717, 1.165) is 67.5 Å². The molecule has 2 aliphatic rings. The molecule has 35 heavy (non-hydrogen) atoms. The normalized spacial score (nSPS) is 15.1. The van der Waals surface area contributed by atoms with E-state index in [1.165, 1.54) is 11.8 Å². The molecule has 1 saturated heterocycles. The van der Waals surface area contributed by atoms with Gasteiger partial charge in [-0.15, -0.1) is 24.8 Å². The minimum Gasteiger partial charge on any atom is -0.352 e. The van der Waals surface area contributed by atoms with Crippen molar-refractivity contribution in [3.05, 3.63) is 70.9 Å². The Kier molecular flexibility index (Phi) is 9.63. The molecule has 0 bridgehead atoms. The second-order valence-electron chi connectivity index (χ2n) is 8.31. The fraction of sp³-hybridized carbons (Fsp3) is 0.320. The van der Waals surface area contributed by atoms with Gasteiger partial charge in [0.2, 0.25) is 0 Å². The molecular formula is C25H29Cl2N5O2S. The van der Waals surface area contributed by atoms with Crippen molar-refractivity contribution < 1.29 is 9.59 Å². The van der Waals surface area contributed by atoms with Crippen molar-refractivity contribution >= 4 is 60.1 Å². The number of piperazine rings is 1. The molecule has 2 amide bonds. The predicted molar refractivity (Wildman–Crippen MR) is 145 cm³/mol. The van der Waals surface area contributed by atoms with Crippen molar-refractivity contribution in [2.45, 2.75) is 17.9 Å². The fourth-order valence-corrected chi connectivity index (χ4v) is 5.29. The van der Waals surface area contributed by atoms with Gasteiger partial charge in [-0.3, -0.25) is 18.9 Å². The highest BCUT2D eigenvalue weighted by Gasteiger charge is 2.22. The first-order valence-corrected chi connectivity index (χ1v) is 12.2. The zero-order chi connectivity index (χ0) is 22.6. The number of halogens is 2. The highest BCUT2D eigenvalue weighted by molar-refractivity contribution is 8.04. The first kappa shape index (κ1) is 27.1. The van der Waals surface area contributed by atoms with E-state index in [0.29, 0.717) is 11.4 Å². The number of benzene rings is 1. The number of thioether (sulfide) groups is 1. The zero-order valence-corrected chi connectivity index (χ0v) is 21.7. The summed E-state index contributed by atoms with van der Waals surface area (Å²) in [6.45, 7) is 4.97. The minimum absolute atomic E-state index is 0. The maximum atomic E-state index is 12.7. The van der Waals surface area contributed by atoms with Crippen molar-refractivity contribution in [1.29, 1.82) is 0 Å². The molecule has 3 aromatic rings. The number of aromatic nitrogens is 2. The number of rotatable bonds is 7. The summed E-state index contributed by atoms with van der Waals surface area (Å²) in [6.07, 6.45) is 5.66. The smallest absolute Gasteiger partial charge is 0.258 e. The van der Waals surface area contributed by atoms with Crippen LogP contribution in [0.4, 0.5) is 0 Å². The van der Waals surface area contributed by atoms with Crippen LogP contribution in [0.5, 0.6) is 0 Å². The zero-order valence-electron chi connectivity index (χ0n) is 19.3. The van der Waals surface area contributed by atoms with Crippen LogP contribution in [0.2, 0.25) is 0 Å². The van der Waals surface area contributed by atoms with E-state index >= 15 is 0 Å². The van der Waals surface area contributed by atoms with E-state index in [2.05, 4.69) is 19.6 Å². The van der Waals surface area contributed by atoms with Crippen LogP contribution in [0.25, 0.3) is 11.7 Å². The monoisotopic (exact) mass is 533 g/mol. The Morgan fingerprint density at radius 3 is 2.49 bits per heavy atom. The first-order chi connectivity index (χ1) is 16.2. The first-order valence-electron chi connectivity index (χ1n) is 11.4. The fourth-order valence-electron chi connectivity index (χ4n) is 4.29. The molecular weight excluding hydrogens is 505 g/mol. The molecule has 0 saturated carbocycles. The summed E-state index contributed by atoms with van der Waals surface area (Å²) in [7, 11) is 0. The van der Waals surface area contributed by atoms with Crippen LogP contribution in [-0.4, -0.2) is 70.3 Å². The van der Waals surface area contributed by atoms with Gasteiger partial charge in [-0.25, -0.2) is 4.98 Å². The molecule has 0 atom stereocenters. The van der Waals surface area contributed by atoms with E-state index in [-0.39, 0.29) is 36.6 Å². The van der Waals surface area contributed by atoms with Crippen molar-refractivity contribution in [3.63, 3.8) is 0 Å². The Morgan fingerprint density at radius 1 is 0.943 bits per heavy atom. The Morgan fingerprint density at radius 2 is 1.71 bits per heavy atom. The Hall–Kier alpha value is -2.52. The van der Waals surface area contributed by atoms with Gasteiger partial charge in [-0.1, -0.05) is 36.0 Å². The van der Waals surface area contributed by atoms with Gasteiger partial charge in [-0.05, 0) is 49.7 Å². The second kappa shape index (κ2) is 12.4. The number of nitrogens with one attached hydrogen (secondary N) is 1. The largest absolute Gasteiger partial charge is 0.352 e. The van der Waals surface area contributed by atoms with Crippen LogP contribution in [0.1, 0.15) is 28.9 Å². The summed E-state index contributed by atoms with van der Waals surface area (Å²) < 4.78 is 2.06. The number of amides is 2. The lowest BCUT2D eigenvalue weighted by molar-refractivity contribution is -0.116. The van der Waals surface area contributed by atoms with Crippen LogP contribution in [0.15, 0.2) is 64.7 Å². The van der Waals surface area contributed by atoms with E-state index in [4.69, 9.17) is 0 Å². The third kappa shape index (κ3) is 6.19. The second-order valence-corrected chi connectivity index (χ2v) is 9.38. The molecule has 0 aliphatic carbocycles. The topological polar surface area (TPSA) is 70.0 Å². The highest BCUT2D eigenvalue weighted by atomic mass is 35.5. The predicted octanol–water partition coefficient (Wildman–Crippen LogP) is 3.98. The molecule has 1 fully saturated rings. The third-order valence-corrected chi connectivity index (χ3v) is 7.16. The number of carbonyl (C=O) groups excluding carboxylic acids is 2. The van der Waals surface area contributed by atoms with Crippen molar-refractivity contribution in [1.82, 2.24) is 24.5 Å². The summed E-state index contributed by atoms with van der Waals surface area (Å²) in [5.74, 6) is 0.0876. The maximum Gasteiger partial charge on any atom is 0.258 e. The maximum absolute atomic E-state index is 12.7. The van der Waals surface area contributed by atoms with E-state index < -0.39 is 0 Å². The van der Waals surface area contributed by atoms with E-state index in [1.54, 1.807) is 6.20 Å². The van der Waals surface area contributed by atoms with Crippen LogP contribution in [-0.2, 0) is 4.79 Å². The van der Waals surface area contributed by atoms with Crippen molar-refractivity contribution in [3.8, 4) is 0 Å². The summed E-state index contributed by atoms with van der Waals surface area (Å²) in [5, 5.41) is 4.07. The average Bonchev–Trinajstić information content (AvgIpc) is 3.28. The van der Waals surface area contributed by atoms with Crippen LogP contribution < -0.4 is 5.32 Å². The lowest BCUT2D eigenvalue weighted by Gasteiger charge is -2.34. The van der Waals surface area contributed by atoms with Gasteiger partial charge in [-0.2, -0.15) is 0 Å². The minimum atomic E-state index is -0.0301. The Bertz CT molecular complexity index is 1190. The van der Waals surface area contributed by atoms with Crippen LogP contribution in [0, 0.1) is 0 Å². The molecule has 186 valence electrons. The summed E-state index contributed by atoms with van der Waals surface area (Å²) in [5.41, 5.74) is 2.60. The van der Waals surface area contributed by atoms with E-state index in [1.807, 2.05) is 59.5 Å². The lowest BCUT2D eigenvalue weighted by Crippen LogP contribution is -2.48. The number of hydrogen-bond donors (Lipinski definition) is 1.